The van der Waals surface area contributed by atoms with Crippen LogP contribution in [0.25, 0.3) is 0 Å². The van der Waals surface area contributed by atoms with Gasteiger partial charge in [0.15, 0.2) is 0 Å². The first-order valence-corrected chi connectivity index (χ1v) is 7.59. The first-order chi connectivity index (χ1) is 9.61. The average Bonchev–Trinajstić information content (AvgIpc) is 2.80. The summed E-state index contributed by atoms with van der Waals surface area (Å²) >= 11 is 6.17. The van der Waals surface area contributed by atoms with Crippen LogP contribution in [0, 0.1) is 5.92 Å². The van der Waals surface area contributed by atoms with Gasteiger partial charge in [0.2, 0.25) is 0 Å². The topological polar surface area (TPSA) is 25.8 Å². The van der Waals surface area contributed by atoms with E-state index in [0.29, 0.717) is 17.0 Å². The lowest BCUT2D eigenvalue weighted by molar-refractivity contribution is 0.616. The lowest BCUT2D eigenvalue weighted by atomic mass is 10.0. The monoisotopic (exact) mass is 286 g/mol. The van der Waals surface area contributed by atoms with Crippen LogP contribution >= 0.6 is 11.6 Å². The predicted molar refractivity (Wildman–Crippen MR) is 82.2 cm³/mol. The van der Waals surface area contributed by atoms with Crippen molar-refractivity contribution in [2.45, 2.75) is 39.0 Å². The molecule has 1 aliphatic rings. The highest BCUT2D eigenvalue weighted by molar-refractivity contribution is 6.29. The van der Waals surface area contributed by atoms with Crippen LogP contribution in [-0.2, 0) is 19.3 Å². The van der Waals surface area contributed by atoms with E-state index in [4.69, 9.17) is 16.6 Å². The van der Waals surface area contributed by atoms with E-state index in [1.807, 2.05) is 6.07 Å². The van der Waals surface area contributed by atoms with E-state index < -0.39 is 0 Å². The van der Waals surface area contributed by atoms with Crippen molar-refractivity contribution in [3.8, 4) is 0 Å². The molecule has 0 aliphatic heterocycles. The third kappa shape index (κ3) is 2.85. The molecule has 3 rings (SSSR count). The van der Waals surface area contributed by atoms with Crippen LogP contribution in [0.5, 0.6) is 0 Å². The number of hydrogen-bond donors (Lipinski definition) is 0. The molecule has 2 aromatic rings. The van der Waals surface area contributed by atoms with Crippen molar-refractivity contribution in [1.29, 1.82) is 0 Å². The van der Waals surface area contributed by atoms with Gasteiger partial charge >= 0.3 is 0 Å². The van der Waals surface area contributed by atoms with Crippen LogP contribution in [0.4, 0.5) is 0 Å². The molecule has 0 atom stereocenters. The third-order valence-electron chi connectivity index (χ3n) is 3.80. The van der Waals surface area contributed by atoms with Crippen LogP contribution in [0.1, 0.15) is 42.4 Å². The minimum Gasteiger partial charge on any atom is -0.238 e. The van der Waals surface area contributed by atoms with E-state index in [0.717, 1.165) is 30.8 Å². The van der Waals surface area contributed by atoms with Crippen LogP contribution in [0.3, 0.4) is 0 Å². The Balaban J connectivity index is 1.87. The van der Waals surface area contributed by atoms with Crippen molar-refractivity contribution in [1.82, 2.24) is 9.97 Å². The summed E-state index contributed by atoms with van der Waals surface area (Å²) in [5.41, 5.74) is 3.91. The van der Waals surface area contributed by atoms with Crippen LogP contribution in [-0.4, -0.2) is 9.97 Å². The van der Waals surface area contributed by atoms with Crippen molar-refractivity contribution in [2.24, 2.45) is 5.92 Å². The minimum atomic E-state index is 0.372. The summed E-state index contributed by atoms with van der Waals surface area (Å²) in [6.07, 6.45) is 3.00. The Bertz CT molecular complexity index is 597. The molecule has 0 unspecified atom stereocenters. The first kappa shape index (κ1) is 13.6. The highest BCUT2D eigenvalue weighted by Crippen LogP contribution is 2.32. The second kappa shape index (κ2) is 5.53. The van der Waals surface area contributed by atoms with E-state index in [1.165, 1.54) is 11.1 Å². The molecule has 1 aromatic carbocycles. The van der Waals surface area contributed by atoms with Gasteiger partial charge in [-0.1, -0.05) is 49.7 Å². The summed E-state index contributed by atoms with van der Waals surface area (Å²) in [5.74, 6) is 1.86. The maximum atomic E-state index is 6.17. The number of halogens is 1. The molecule has 1 heterocycles. The van der Waals surface area contributed by atoms with Gasteiger partial charge in [-0.2, -0.15) is 0 Å². The Morgan fingerprint density at radius 2 is 1.80 bits per heavy atom. The van der Waals surface area contributed by atoms with Gasteiger partial charge in [0, 0.05) is 11.6 Å². The first-order valence-electron chi connectivity index (χ1n) is 7.22. The largest absolute Gasteiger partial charge is 0.238 e. The van der Waals surface area contributed by atoms with Crippen molar-refractivity contribution in [3.63, 3.8) is 0 Å². The van der Waals surface area contributed by atoms with Gasteiger partial charge in [-0.15, -0.1) is 0 Å². The predicted octanol–water partition coefficient (Wildman–Crippen LogP) is 4.21. The second-order valence-electron chi connectivity index (χ2n) is 6.01. The average molecular weight is 287 g/mol. The normalized spacial score (nSPS) is 14.8. The lowest BCUT2D eigenvalue weighted by Crippen LogP contribution is -2.08. The van der Waals surface area contributed by atoms with Crippen LogP contribution < -0.4 is 0 Å². The molecule has 3 heteroatoms. The number of fused-ring (bicyclic) bond motifs is 1. The molecular weight excluding hydrogens is 268 g/mol. The Hall–Kier alpha value is -1.41. The smallest absolute Gasteiger partial charge is 0.134 e. The van der Waals surface area contributed by atoms with Gasteiger partial charge in [0.1, 0.15) is 11.0 Å². The molecule has 0 amide bonds. The number of benzene rings is 1. The molecule has 1 aliphatic carbocycles. The molecule has 0 bridgehead atoms. The van der Waals surface area contributed by atoms with E-state index in [-0.39, 0.29) is 0 Å². The minimum absolute atomic E-state index is 0.372. The SMILES string of the molecule is CC(C)Cc1cc(Cl)nc(C2Cc3ccccc3C2)n1. The fourth-order valence-electron chi connectivity index (χ4n) is 2.93. The molecule has 0 saturated carbocycles. The van der Waals surface area contributed by atoms with E-state index in [2.05, 4.69) is 43.1 Å². The molecule has 0 N–H and O–H groups in total. The number of nitrogens with zero attached hydrogens (tertiary/aromatic N) is 2. The maximum Gasteiger partial charge on any atom is 0.134 e. The summed E-state index contributed by atoms with van der Waals surface area (Å²) in [6, 6.07) is 10.5. The molecule has 0 radical (unpaired) electrons. The molecule has 2 nitrogen and oxygen atoms in total. The van der Waals surface area contributed by atoms with Gasteiger partial charge < -0.3 is 0 Å². The Labute approximate surface area is 125 Å². The van der Waals surface area contributed by atoms with Gasteiger partial charge in [0.25, 0.3) is 0 Å². The highest BCUT2D eigenvalue weighted by Gasteiger charge is 2.25. The Morgan fingerprint density at radius 3 is 2.40 bits per heavy atom. The van der Waals surface area contributed by atoms with Crippen molar-refractivity contribution >= 4 is 11.6 Å². The summed E-state index contributed by atoms with van der Waals surface area (Å²) in [7, 11) is 0. The van der Waals surface area contributed by atoms with E-state index >= 15 is 0 Å². The molecule has 0 fully saturated rings. The molecule has 20 heavy (non-hydrogen) atoms. The summed E-state index contributed by atoms with van der Waals surface area (Å²) in [6.45, 7) is 4.39. The summed E-state index contributed by atoms with van der Waals surface area (Å²) < 4.78 is 0. The van der Waals surface area contributed by atoms with Gasteiger partial charge in [-0.25, -0.2) is 9.97 Å². The lowest BCUT2D eigenvalue weighted by Gasteiger charge is -2.11. The molecule has 1 aromatic heterocycles. The van der Waals surface area contributed by atoms with Gasteiger partial charge in [-0.3, -0.25) is 0 Å². The summed E-state index contributed by atoms with van der Waals surface area (Å²) in [4.78, 5) is 9.20. The van der Waals surface area contributed by atoms with E-state index in [9.17, 15) is 0 Å². The fraction of sp³-hybridized carbons (Fsp3) is 0.412. The molecule has 0 saturated heterocycles. The Kier molecular flexibility index (Phi) is 3.75. The maximum absolute atomic E-state index is 6.17. The quantitative estimate of drug-likeness (QED) is 0.790. The van der Waals surface area contributed by atoms with Crippen LogP contribution in [0.2, 0.25) is 5.15 Å². The number of rotatable bonds is 3. The highest BCUT2D eigenvalue weighted by atomic mass is 35.5. The van der Waals surface area contributed by atoms with E-state index in [1.54, 1.807) is 0 Å². The van der Waals surface area contributed by atoms with Crippen molar-refractivity contribution < 1.29 is 0 Å². The molecular formula is C17H19ClN2. The zero-order chi connectivity index (χ0) is 14.1. The number of aromatic nitrogens is 2. The van der Waals surface area contributed by atoms with Crippen molar-refractivity contribution in [2.75, 3.05) is 0 Å². The van der Waals surface area contributed by atoms with Crippen LogP contribution in [0.15, 0.2) is 30.3 Å². The zero-order valence-corrected chi connectivity index (χ0v) is 12.7. The van der Waals surface area contributed by atoms with Gasteiger partial charge in [-0.05, 0) is 42.4 Å². The third-order valence-corrected chi connectivity index (χ3v) is 3.99. The fourth-order valence-corrected chi connectivity index (χ4v) is 3.14. The molecule has 0 spiro atoms. The van der Waals surface area contributed by atoms with Gasteiger partial charge in [0.05, 0.1) is 0 Å². The zero-order valence-electron chi connectivity index (χ0n) is 11.9. The number of hydrogen-bond acceptors (Lipinski definition) is 2. The second-order valence-corrected chi connectivity index (χ2v) is 6.40. The summed E-state index contributed by atoms with van der Waals surface area (Å²) in [5, 5.41) is 0.571. The Morgan fingerprint density at radius 1 is 1.15 bits per heavy atom. The molecule has 104 valence electrons. The standard InChI is InChI=1S/C17H19ClN2/c1-11(2)7-15-10-16(18)20-17(19-15)14-8-12-5-3-4-6-13(12)9-14/h3-6,10-11,14H,7-9H2,1-2H3. The van der Waals surface area contributed by atoms with Crippen molar-refractivity contribution in [3.05, 3.63) is 58.1 Å².